The van der Waals surface area contributed by atoms with Crippen molar-refractivity contribution in [3.63, 3.8) is 0 Å². The monoisotopic (exact) mass is 180 g/mol. The molecule has 0 aliphatic carbocycles. The molecule has 0 aromatic heterocycles. The highest BCUT2D eigenvalue weighted by atomic mass is 32.3. The Morgan fingerprint density at radius 3 is 2.73 bits per heavy atom. The second-order valence-electron chi connectivity index (χ2n) is 1.26. The van der Waals surface area contributed by atoms with E-state index in [0.29, 0.717) is 0 Å². The molecule has 0 rings (SSSR count). The molecule has 0 atom stereocenters. The van der Waals surface area contributed by atoms with E-state index in [1.54, 1.807) is 0 Å². The molecule has 0 radical (unpaired) electrons. The van der Waals surface area contributed by atoms with Crippen LogP contribution in [0.5, 0.6) is 0 Å². The van der Waals surface area contributed by atoms with E-state index in [4.69, 9.17) is 0 Å². The summed E-state index contributed by atoms with van der Waals surface area (Å²) < 4.78 is 36.7. The van der Waals surface area contributed by atoms with Gasteiger partial charge in [0.15, 0.2) is 6.08 Å². The number of ether oxygens (including phenoxy) is 1. The molecule has 7 heteroatoms. The van der Waals surface area contributed by atoms with Crippen molar-refractivity contribution in [2.45, 2.75) is 0 Å². The van der Waals surface area contributed by atoms with E-state index in [9.17, 15) is 17.4 Å². The van der Waals surface area contributed by atoms with Gasteiger partial charge in [-0.25, -0.2) is 0 Å². The average Bonchev–Trinajstić information content (AvgIpc) is 1.79. The molecular formula is C4H3FNO4S-. The lowest BCUT2D eigenvalue weighted by atomic mass is 10.8. The molecule has 0 aromatic carbocycles. The van der Waals surface area contributed by atoms with E-state index >= 15 is 0 Å². The normalized spacial score (nSPS) is 12.2. The van der Waals surface area contributed by atoms with Crippen LogP contribution in [0.1, 0.15) is 0 Å². The Morgan fingerprint density at radius 1 is 1.82 bits per heavy atom. The Hall–Kier alpha value is -1.29. The number of terminal acetylenes is 1. The van der Waals surface area contributed by atoms with Gasteiger partial charge in [-0.1, -0.05) is 9.81 Å². The van der Waals surface area contributed by atoms with Gasteiger partial charge in [0.1, 0.15) is 0 Å². The second kappa shape index (κ2) is 3.78. The van der Waals surface area contributed by atoms with Crippen LogP contribution >= 0.6 is 0 Å². The Bertz CT molecular complexity index is 288. The quantitative estimate of drug-likeness (QED) is 0.226. The lowest BCUT2D eigenvalue weighted by Crippen LogP contribution is -2.22. The fourth-order valence-corrected chi connectivity index (χ4v) is 0.450. The van der Waals surface area contributed by atoms with Gasteiger partial charge in [-0.2, -0.15) is 8.42 Å². The molecule has 0 aliphatic heterocycles. The van der Waals surface area contributed by atoms with Gasteiger partial charge in [-0.15, -0.1) is 10.8 Å². The van der Waals surface area contributed by atoms with Crippen LogP contribution in [0.25, 0.3) is 0 Å². The summed E-state index contributed by atoms with van der Waals surface area (Å²) in [5.41, 5.74) is 0. The molecule has 0 saturated heterocycles. The molecule has 11 heavy (non-hydrogen) atoms. The summed E-state index contributed by atoms with van der Waals surface area (Å²) in [4.78, 5) is 0. The van der Waals surface area contributed by atoms with Crippen molar-refractivity contribution in [1.82, 2.24) is 0 Å². The molecule has 0 unspecified atom stereocenters. The van der Waals surface area contributed by atoms with Crippen LogP contribution in [0.15, 0.2) is 4.40 Å². The third kappa shape index (κ3) is 6.60. The molecule has 0 heterocycles. The zero-order valence-electron chi connectivity index (χ0n) is 5.15. The number of rotatable bonds is 2. The van der Waals surface area contributed by atoms with Gasteiger partial charge in [-0.3, -0.25) is 0 Å². The summed E-state index contributed by atoms with van der Waals surface area (Å²) in [6.07, 6.45) is 3.06. The van der Waals surface area contributed by atoms with Crippen molar-refractivity contribution in [2.24, 2.45) is 4.40 Å². The van der Waals surface area contributed by atoms with Crippen LogP contribution in [0, 0.1) is 12.3 Å². The standard InChI is InChI=1S/C4H4FNO4S/c1-2-3-10-4(7)6-11(5,8)9/h1H,3H2,(H,6,7)/p-1. The highest BCUT2D eigenvalue weighted by Gasteiger charge is 2.00. The van der Waals surface area contributed by atoms with Crippen molar-refractivity contribution >= 4 is 16.5 Å². The summed E-state index contributed by atoms with van der Waals surface area (Å²) in [6.45, 7) is -0.447. The van der Waals surface area contributed by atoms with Crippen molar-refractivity contribution < 1.29 is 22.1 Å². The molecule has 0 bridgehead atoms. The minimum absolute atomic E-state index is 0.447. The lowest BCUT2D eigenvalue weighted by molar-refractivity contribution is -0.248. The first-order valence-electron chi connectivity index (χ1n) is 2.23. The molecule has 0 fully saturated rings. The zero-order chi connectivity index (χ0) is 8.91. The van der Waals surface area contributed by atoms with Crippen molar-refractivity contribution in [3.05, 3.63) is 0 Å². The maximum absolute atomic E-state index is 11.5. The molecule has 0 saturated carbocycles. The summed E-state index contributed by atoms with van der Waals surface area (Å²) >= 11 is 0. The predicted molar refractivity (Wildman–Crippen MR) is 32.2 cm³/mol. The maximum Gasteiger partial charge on any atom is 0.419 e. The molecule has 62 valence electrons. The molecule has 0 amide bonds. The molecule has 5 nitrogen and oxygen atoms in total. The second-order valence-corrected chi connectivity index (χ2v) is 2.27. The van der Waals surface area contributed by atoms with Gasteiger partial charge in [0.25, 0.3) is 0 Å². The summed E-state index contributed by atoms with van der Waals surface area (Å²) in [5, 5.41) is 10.1. The highest BCUT2D eigenvalue weighted by Crippen LogP contribution is 1.91. The fourth-order valence-electron chi connectivity index (χ4n) is 0.219. The van der Waals surface area contributed by atoms with E-state index in [0.717, 1.165) is 0 Å². The van der Waals surface area contributed by atoms with E-state index < -0.39 is 23.1 Å². The van der Waals surface area contributed by atoms with Gasteiger partial charge in [0, 0.05) is 0 Å². The Morgan fingerprint density at radius 2 is 2.36 bits per heavy atom. The molecule has 0 aromatic rings. The fraction of sp³-hybridized carbons (Fsp3) is 0.250. The molecular weight excluding hydrogens is 177 g/mol. The van der Waals surface area contributed by atoms with Gasteiger partial charge in [0.05, 0.1) is 6.61 Å². The van der Waals surface area contributed by atoms with E-state index in [-0.39, 0.29) is 0 Å². The van der Waals surface area contributed by atoms with E-state index in [2.05, 4.69) is 11.2 Å². The van der Waals surface area contributed by atoms with Gasteiger partial charge < -0.3 is 9.84 Å². The Balaban J connectivity index is 4.16. The SMILES string of the molecule is C#CCO/C([O-])=N/S(=O)(=O)F. The van der Waals surface area contributed by atoms with Crippen LogP contribution in [0.4, 0.5) is 3.89 Å². The van der Waals surface area contributed by atoms with Crippen LogP contribution < -0.4 is 5.11 Å². The summed E-state index contributed by atoms with van der Waals surface area (Å²) in [6, 6.07) is 0. The summed E-state index contributed by atoms with van der Waals surface area (Å²) in [5.74, 6) is 1.86. The minimum Gasteiger partial charge on any atom is -0.587 e. The van der Waals surface area contributed by atoms with Gasteiger partial charge >= 0.3 is 10.4 Å². The van der Waals surface area contributed by atoms with Crippen LogP contribution in [-0.2, 0) is 15.1 Å². The first kappa shape index (κ1) is 9.71. The van der Waals surface area contributed by atoms with Crippen molar-refractivity contribution in [2.75, 3.05) is 6.61 Å². The zero-order valence-corrected chi connectivity index (χ0v) is 5.97. The maximum atomic E-state index is 11.5. The largest absolute Gasteiger partial charge is 0.587 e. The van der Waals surface area contributed by atoms with Crippen molar-refractivity contribution in [3.8, 4) is 12.3 Å². The number of halogens is 1. The van der Waals surface area contributed by atoms with Gasteiger partial charge in [-0.05, 0) is 0 Å². The number of hydrogen-bond acceptors (Lipinski definition) is 4. The first-order valence-corrected chi connectivity index (χ1v) is 3.57. The molecule has 0 N–H and O–H groups in total. The smallest absolute Gasteiger partial charge is 0.419 e. The van der Waals surface area contributed by atoms with Crippen LogP contribution in [0.3, 0.4) is 0 Å². The topological polar surface area (TPSA) is 78.8 Å². The Kier molecular flexibility index (Phi) is 3.33. The molecule has 0 aliphatic rings. The number of hydrogen-bond donors (Lipinski definition) is 0. The summed E-state index contributed by atoms with van der Waals surface area (Å²) in [7, 11) is -5.17. The van der Waals surface area contributed by atoms with Gasteiger partial charge in [0.2, 0.25) is 0 Å². The minimum atomic E-state index is -5.17. The van der Waals surface area contributed by atoms with E-state index in [1.165, 1.54) is 0 Å². The third-order valence-corrected chi connectivity index (χ3v) is 0.830. The van der Waals surface area contributed by atoms with E-state index in [1.807, 2.05) is 10.3 Å². The lowest BCUT2D eigenvalue weighted by Gasteiger charge is -2.07. The first-order chi connectivity index (χ1) is 4.95. The van der Waals surface area contributed by atoms with Crippen LogP contribution in [-0.4, -0.2) is 21.1 Å². The highest BCUT2D eigenvalue weighted by molar-refractivity contribution is 7.85. The Labute approximate surface area is 62.9 Å². The van der Waals surface area contributed by atoms with Crippen molar-refractivity contribution in [1.29, 1.82) is 0 Å². The molecule has 0 spiro atoms. The average molecular weight is 180 g/mol. The third-order valence-electron chi connectivity index (χ3n) is 0.463. The predicted octanol–water partition coefficient (Wildman–Crippen LogP) is -1.43. The van der Waals surface area contributed by atoms with Crippen LogP contribution in [0.2, 0.25) is 0 Å². The number of nitrogens with zero attached hydrogens (tertiary/aromatic N) is 1.